The van der Waals surface area contributed by atoms with Gasteiger partial charge in [-0.15, -0.1) is 11.8 Å². The predicted molar refractivity (Wildman–Crippen MR) is 105 cm³/mol. The summed E-state index contributed by atoms with van der Waals surface area (Å²) in [4.78, 5) is 37.8. The van der Waals surface area contributed by atoms with Gasteiger partial charge in [-0.1, -0.05) is 18.2 Å². The summed E-state index contributed by atoms with van der Waals surface area (Å²) in [5, 5.41) is 16.8. The number of benzene rings is 1. The van der Waals surface area contributed by atoms with Crippen molar-refractivity contribution in [2.24, 2.45) is 5.92 Å². The standard InChI is InChI=1S/C17H24N2O3S.C2H4O2/c1-18(2)14-9-8-13(17(21)22)10-19(11-14)16(20)12-23-15-6-4-3-5-7-15;1-2(3)4/h3-7,13-14H,8-12H2,1-2H3,(H,21,22);1H3,(H,3,4)/t13-,14+;/m0./s1. The molecular formula is C19H28N2O5S. The fourth-order valence-electron chi connectivity index (χ4n) is 2.75. The van der Waals surface area contributed by atoms with E-state index in [0.717, 1.165) is 18.2 Å². The molecule has 1 amide bonds. The second kappa shape index (κ2) is 11.6. The summed E-state index contributed by atoms with van der Waals surface area (Å²) in [6, 6.07) is 10.00. The van der Waals surface area contributed by atoms with Crippen LogP contribution in [-0.2, 0) is 14.4 Å². The van der Waals surface area contributed by atoms with Crippen LogP contribution < -0.4 is 0 Å². The van der Waals surface area contributed by atoms with E-state index in [-0.39, 0.29) is 11.9 Å². The summed E-state index contributed by atoms with van der Waals surface area (Å²) in [6.07, 6.45) is 1.42. The summed E-state index contributed by atoms with van der Waals surface area (Å²) in [5.41, 5.74) is 0. The molecule has 0 bridgehead atoms. The fraction of sp³-hybridized carbons (Fsp3) is 0.526. The SMILES string of the molecule is CC(=O)O.CN(C)[C@@H]1CC[C@H](C(=O)O)CN(C(=O)CSc2ccccc2)C1. The van der Waals surface area contributed by atoms with Gasteiger partial charge in [0.05, 0.1) is 11.7 Å². The smallest absolute Gasteiger partial charge is 0.308 e. The molecule has 1 fully saturated rings. The third-order valence-corrected chi connectivity index (χ3v) is 5.25. The summed E-state index contributed by atoms with van der Waals surface area (Å²) < 4.78 is 0. The Hall–Kier alpha value is -2.06. The van der Waals surface area contributed by atoms with E-state index in [9.17, 15) is 14.7 Å². The molecule has 2 atom stereocenters. The van der Waals surface area contributed by atoms with Gasteiger partial charge in [-0.05, 0) is 39.1 Å². The molecule has 0 radical (unpaired) electrons. The van der Waals surface area contributed by atoms with Crippen LogP contribution in [0.4, 0.5) is 0 Å². The van der Waals surface area contributed by atoms with Crippen molar-refractivity contribution in [1.29, 1.82) is 0 Å². The lowest BCUT2D eigenvalue weighted by molar-refractivity contribution is -0.143. The van der Waals surface area contributed by atoms with Gasteiger partial charge >= 0.3 is 5.97 Å². The Kier molecular flexibility index (Phi) is 9.88. The number of thioether (sulfide) groups is 1. The van der Waals surface area contributed by atoms with Gasteiger partial charge in [-0.3, -0.25) is 14.4 Å². The zero-order valence-corrected chi connectivity index (χ0v) is 16.8. The number of aliphatic carboxylic acids is 2. The number of rotatable bonds is 5. The molecule has 0 aliphatic carbocycles. The van der Waals surface area contributed by atoms with Gasteiger partial charge in [0.2, 0.25) is 5.91 Å². The maximum atomic E-state index is 12.6. The number of carboxylic acid groups (broad SMARTS) is 2. The van der Waals surface area contributed by atoms with E-state index >= 15 is 0 Å². The number of carbonyl (C=O) groups excluding carboxylic acids is 1. The second-order valence-corrected chi connectivity index (χ2v) is 7.70. The van der Waals surface area contributed by atoms with Crippen molar-refractivity contribution in [2.45, 2.75) is 30.7 Å². The molecule has 1 heterocycles. The summed E-state index contributed by atoms with van der Waals surface area (Å²) in [7, 11) is 3.96. The van der Waals surface area contributed by atoms with E-state index in [1.54, 1.807) is 4.90 Å². The Labute approximate surface area is 164 Å². The minimum Gasteiger partial charge on any atom is -0.481 e. The van der Waals surface area contributed by atoms with E-state index in [4.69, 9.17) is 9.90 Å². The quantitative estimate of drug-likeness (QED) is 0.736. The Balaban J connectivity index is 0.000000828. The van der Waals surface area contributed by atoms with E-state index in [1.165, 1.54) is 11.8 Å². The van der Waals surface area contributed by atoms with Crippen LogP contribution in [0.15, 0.2) is 35.2 Å². The monoisotopic (exact) mass is 396 g/mol. The fourth-order valence-corrected chi connectivity index (χ4v) is 3.57. The molecule has 1 aliphatic heterocycles. The predicted octanol–water partition coefficient (Wildman–Crippen LogP) is 2.12. The van der Waals surface area contributed by atoms with Gasteiger partial charge in [-0.2, -0.15) is 0 Å². The van der Waals surface area contributed by atoms with Crippen molar-refractivity contribution >= 4 is 29.6 Å². The first-order valence-corrected chi connectivity index (χ1v) is 9.73. The Morgan fingerprint density at radius 1 is 1.11 bits per heavy atom. The summed E-state index contributed by atoms with van der Waals surface area (Å²) in [6.45, 7) is 2.00. The highest BCUT2D eigenvalue weighted by Crippen LogP contribution is 2.22. The third kappa shape index (κ3) is 8.92. The lowest BCUT2D eigenvalue weighted by Gasteiger charge is -2.28. The molecule has 0 saturated carbocycles. The van der Waals surface area contributed by atoms with Gasteiger partial charge in [0.1, 0.15) is 0 Å². The van der Waals surface area contributed by atoms with Crippen molar-refractivity contribution in [3.8, 4) is 0 Å². The molecular weight excluding hydrogens is 368 g/mol. The zero-order valence-electron chi connectivity index (χ0n) is 16.0. The highest BCUT2D eigenvalue weighted by atomic mass is 32.2. The van der Waals surface area contributed by atoms with E-state index in [2.05, 4.69) is 4.90 Å². The van der Waals surface area contributed by atoms with Crippen molar-refractivity contribution < 1.29 is 24.6 Å². The van der Waals surface area contributed by atoms with Gasteiger partial charge in [-0.25, -0.2) is 0 Å². The van der Waals surface area contributed by atoms with Crippen molar-refractivity contribution in [3.05, 3.63) is 30.3 Å². The van der Waals surface area contributed by atoms with Crippen LogP contribution in [0.3, 0.4) is 0 Å². The van der Waals surface area contributed by atoms with E-state index in [1.807, 2.05) is 44.4 Å². The first-order chi connectivity index (χ1) is 12.7. The molecule has 1 aromatic rings. The highest BCUT2D eigenvalue weighted by Gasteiger charge is 2.31. The lowest BCUT2D eigenvalue weighted by atomic mass is 10.0. The van der Waals surface area contributed by atoms with Crippen LogP contribution >= 0.6 is 11.8 Å². The summed E-state index contributed by atoms with van der Waals surface area (Å²) >= 11 is 1.50. The lowest BCUT2D eigenvalue weighted by Crippen LogP contribution is -2.43. The highest BCUT2D eigenvalue weighted by molar-refractivity contribution is 8.00. The molecule has 0 unspecified atom stereocenters. The Bertz CT molecular complexity index is 620. The molecule has 27 heavy (non-hydrogen) atoms. The average Bonchev–Trinajstić information content (AvgIpc) is 2.83. The van der Waals surface area contributed by atoms with E-state index in [0.29, 0.717) is 25.3 Å². The van der Waals surface area contributed by atoms with Crippen LogP contribution in [0.25, 0.3) is 0 Å². The zero-order chi connectivity index (χ0) is 20.4. The molecule has 2 rings (SSSR count). The number of likely N-dealkylation sites (tertiary alicyclic amines) is 1. The number of hydrogen-bond donors (Lipinski definition) is 2. The molecule has 7 nitrogen and oxygen atoms in total. The number of hydrogen-bond acceptors (Lipinski definition) is 5. The average molecular weight is 397 g/mol. The van der Waals surface area contributed by atoms with Gasteiger partial charge in [0, 0.05) is 31.0 Å². The Morgan fingerprint density at radius 3 is 2.22 bits per heavy atom. The van der Waals surface area contributed by atoms with Crippen molar-refractivity contribution in [2.75, 3.05) is 32.9 Å². The number of amides is 1. The third-order valence-electron chi connectivity index (χ3n) is 4.26. The topological polar surface area (TPSA) is 98.2 Å². The van der Waals surface area contributed by atoms with Gasteiger partial charge < -0.3 is 20.0 Å². The molecule has 8 heteroatoms. The molecule has 150 valence electrons. The summed E-state index contributed by atoms with van der Waals surface area (Å²) in [5.74, 6) is -1.75. The van der Waals surface area contributed by atoms with E-state index < -0.39 is 17.9 Å². The molecule has 0 aromatic heterocycles. The Morgan fingerprint density at radius 2 is 1.70 bits per heavy atom. The van der Waals surface area contributed by atoms with Gasteiger partial charge in [0.25, 0.3) is 5.97 Å². The van der Waals surface area contributed by atoms with Gasteiger partial charge in [0.15, 0.2) is 0 Å². The number of likely N-dealkylation sites (N-methyl/N-ethyl adjacent to an activating group) is 1. The van der Waals surface area contributed by atoms with Crippen LogP contribution in [-0.4, -0.2) is 76.8 Å². The number of carboxylic acids is 2. The largest absolute Gasteiger partial charge is 0.481 e. The molecule has 1 aromatic carbocycles. The van der Waals surface area contributed by atoms with Crippen molar-refractivity contribution in [3.63, 3.8) is 0 Å². The molecule has 0 spiro atoms. The molecule has 1 aliphatic rings. The van der Waals surface area contributed by atoms with Crippen LogP contribution in [0.1, 0.15) is 19.8 Å². The first-order valence-electron chi connectivity index (χ1n) is 8.75. The van der Waals surface area contributed by atoms with Crippen LogP contribution in [0.5, 0.6) is 0 Å². The number of carbonyl (C=O) groups is 3. The van der Waals surface area contributed by atoms with Crippen LogP contribution in [0, 0.1) is 5.92 Å². The number of nitrogens with zero attached hydrogens (tertiary/aromatic N) is 2. The first kappa shape index (κ1) is 23.0. The maximum Gasteiger partial charge on any atom is 0.308 e. The molecule has 1 saturated heterocycles. The minimum atomic E-state index is -0.833. The normalized spacial score (nSPS) is 19.6. The minimum absolute atomic E-state index is 0.0128. The maximum absolute atomic E-state index is 12.6. The molecule has 2 N–H and O–H groups in total. The second-order valence-electron chi connectivity index (χ2n) is 6.65. The van der Waals surface area contributed by atoms with Crippen LogP contribution in [0.2, 0.25) is 0 Å². The van der Waals surface area contributed by atoms with Crippen molar-refractivity contribution in [1.82, 2.24) is 9.80 Å².